The van der Waals surface area contributed by atoms with Gasteiger partial charge in [-0.2, -0.15) is 0 Å². The largest absolute Gasteiger partial charge is 0.264 e. The third-order valence-corrected chi connectivity index (χ3v) is 5.69. The monoisotopic (exact) mass is 305 g/mol. The predicted molar refractivity (Wildman–Crippen MR) is 96.2 cm³/mol. The molecule has 2 aliphatic carbocycles. The van der Waals surface area contributed by atoms with Crippen LogP contribution in [0.1, 0.15) is 91.5 Å². The van der Waals surface area contributed by atoms with Gasteiger partial charge < -0.3 is 0 Å². The minimum absolute atomic E-state index is 0.640. The number of nitrogens with zero attached hydrogens (tertiary/aromatic N) is 1. The zero-order valence-electron chi connectivity index (χ0n) is 14.5. The molecule has 1 heterocycles. The third kappa shape index (κ3) is 2.82. The molecule has 0 bridgehead atoms. The maximum Gasteiger partial charge on any atom is 0.0302 e. The maximum absolute atomic E-state index is 4.30. The van der Waals surface area contributed by atoms with Gasteiger partial charge in [-0.15, -0.1) is 0 Å². The van der Waals surface area contributed by atoms with Gasteiger partial charge in [-0.25, -0.2) is 0 Å². The van der Waals surface area contributed by atoms with Crippen molar-refractivity contribution in [3.63, 3.8) is 0 Å². The van der Waals surface area contributed by atoms with Crippen LogP contribution >= 0.6 is 0 Å². The Balaban J connectivity index is 1.62. The average Bonchev–Trinajstić information content (AvgIpc) is 3.47. The van der Waals surface area contributed by atoms with E-state index in [1.807, 2.05) is 6.20 Å². The fraction of sp³-hybridized carbons (Fsp3) is 0.500. The second-order valence-corrected chi connectivity index (χ2v) is 7.69. The predicted octanol–water partition coefficient (Wildman–Crippen LogP) is 5.92. The van der Waals surface area contributed by atoms with Crippen LogP contribution in [0, 0.1) is 0 Å². The molecule has 1 heteroatoms. The van der Waals surface area contributed by atoms with Crippen LogP contribution in [0.2, 0.25) is 0 Å². The highest BCUT2D eigenvalue weighted by Crippen LogP contribution is 2.56. The molecule has 120 valence electrons. The van der Waals surface area contributed by atoms with E-state index in [1.165, 1.54) is 30.4 Å². The summed E-state index contributed by atoms with van der Waals surface area (Å²) >= 11 is 0. The van der Waals surface area contributed by atoms with Gasteiger partial charge in [-0.3, -0.25) is 4.98 Å². The van der Waals surface area contributed by atoms with E-state index >= 15 is 0 Å². The molecule has 0 saturated heterocycles. The minimum atomic E-state index is 0.640. The fourth-order valence-corrected chi connectivity index (χ4v) is 4.10. The van der Waals surface area contributed by atoms with Gasteiger partial charge in [0.05, 0.1) is 0 Å². The molecule has 2 fully saturated rings. The van der Waals surface area contributed by atoms with Crippen molar-refractivity contribution in [2.75, 3.05) is 0 Å². The van der Waals surface area contributed by atoms with Crippen molar-refractivity contribution in [1.82, 2.24) is 4.98 Å². The van der Waals surface area contributed by atoms with Crippen molar-refractivity contribution in [2.24, 2.45) is 0 Å². The fourth-order valence-electron chi connectivity index (χ4n) is 4.10. The van der Waals surface area contributed by atoms with Gasteiger partial charge in [0.1, 0.15) is 0 Å². The standard InChI is InChI=1S/C22H27N/c1-4-15-13-23-10-9-19(15)22-12-21(22)17-7-8-18(14(2)3)20(11-17)16-5-6-16/h7-11,13-14,16,21-22H,4-6,12H2,1-3H3. The van der Waals surface area contributed by atoms with Crippen LogP contribution in [0.15, 0.2) is 36.7 Å². The maximum atomic E-state index is 4.30. The molecule has 2 atom stereocenters. The first kappa shape index (κ1) is 14.9. The van der Waals surface area contributed by atoms with Crippen molar-refractivity contribution < 1.29 is 0 Å². The van der Waals surface area contributed by atoms with Gasteiger partial charge in [-0.1, -0.05) is 39.0 Å². The molecule has 0 spiro atoms. The number of hydrogen-bond donors (Lipinski definition) is 0. The highest BCUT2D eigenvalue weighted by atomic mass is 14.6. The van der Waals surface area contributed by atoms with E-state index in [-0.39, 0.29) is 0 Å². The Kier molecular flexibility index (Phi) is 3.75. The second kappa shape index (κ2) is 5.78. The summed E-state index contributed by atoms with van der Waals surface area (Å²) in [7, 11) is 0. The molecule has 0 aliphatic heterocycles. The van der Waals surface area contributed by atoms with E-state index in [4.69, 9.17) is 0 Å². The summed E-state index contributed by atoms with van der Waals surface area (Å²) in [6, 6.07) is 9.60. The summed E-state index contributed by atoms with van der Waals surface area (Å²) in [4.78, 5) is 4.30. The molecular weight excluding hydrogens is 278 g/mol. The van der Waals surface area contributed by atoms with Crippen molar-refractivity contribution >= 4 is 0 Å². The van der Waals surface area contributed by atoms with E-state index in [0.29, 0.717) is 11.8 Å². The number of aromatic nitrogens is 1. The van der Waals surface area contributed by atoms with Crippen LogP contribution in [-0.4, -0.2) is 4.98 Å². The van der Waals surface area contributed by atoms with E-state index in [2.05, 4.69) is 56.2 Å². The highest BCUT2D eigenvalue weighted by molar-refractivity contribution is 5.45. The summed E-state index contributed by atoms with van der Waals surface area (Å²) in [5.41, 5.74) is 7.76. The Bertz CT molecular complexity index is 712. The van der Waals surface area contributed by atoms with Crippen LogP contribution in [0.5, 0.6) is 0 Å². The van der Waals surface area contributed by atoms with Gasteiger partial charge in [0.2, 0.25) is 0 Å². The van der Waals surface area contributed by atoms with Gasteiger partial charge in [0, 0.05) is 12.4 Å². The number of aryl methyl sites for hydroxylation is 1. The Morgan fingerprint density at radius 3 is 2.61 bits per heavy atom. The van der Waals surface area contributed by atoms with Crippen LogP contribution in [0.3, 0.4) is 0 Å². The molecule has 4 rings (SSSR count). The summed E-state index contributed by atoms with van der Waals surface area (Å²) in [5, 5.41) is 0. The first-order valence-electron chi connectivity index (χ1n) is 9.25. The van der Waals surface area contributed by atoms with Gasteiger partial charge in [0.15, 0.2) is 0 Å². The topological polar surface area (TPSA) is 12.9 Å². The number of rotatable bonds is 5. The molecule has 2 aromatic rings. The smallest absolute Gasteiger partial charge is 0.0302 e. The van der Waals surface area contributed by atoms with E-state index in [0.717, 1.165) is 18.3 Å². The lowest BCUT2D eigenvalue weighted by Crippen LogP contribution is -1.97. The van der Waals surface area contributed by atoms with E-state index < -0.39 is 0 Å². The normalized spacial score (nSPS) is 23.3. The first-order chi connectivity index (χ1) is 11.2. The summed E-state index contributed by atoms with van der Waals surface area (Å²) in [6.07, 6.45) is 9.20. The number of benzene rings is 1. The van der Waals surface area contributed by atoms with Gasteiger partial charge >= 0.3 is 0 Å². The molecular formula is C22H27N. The average molecular weight is 305 g/mol. The third-order valence-electron chi connectivity index (χ3n) is 5.69. The Labute approximate surface area is 140 Å². The minimum Gasteiger partial charge on any atom is -0.264 e. The van der Waals surface area contributed by atoms with Crippen molar-refractivity contribution in [1.29, 1.82) is 0 Å². The molecule has 0 N–H and O–H groups in total. The zero-order chi connectivity index (χ0) is 16.0. The van der Waals surface area contributed by atoms with Gasteiger partial charge in [0.25, 0.3) is 0 Å². The molecule has 23 heavy (non-hydrogen) atoms. The Morgan fingerprint density at radius 1 is 1.09 bits per heavy atom. The lowest BCUT2D eigenvalue weighted by atomic mass is 9.91. The summed E-state index contributed by atoms with van der Waals surface area (Å²) in [6.45, 7) is 6.89. The Hall–Kier alpha value is -1.63. The van der Waals surface area contributed by atoms with Crippen LogP contribution in [-0.2, 0) is 6.42 Å². The van der Waals surface area contributed by atoms with Crippen molar-refractivity contribution in [2.45, 2.75) is 70.1 Å². The first-order valence-corrected chi connectivity index (χ1v) is 9.25. The molecule has 1 nitrogen and oxygen atoms in total. The van der Waals surface area contributed by atoms with E-state index in [1.54, 1.807) is 16.7 Å². The molecule has 2 aliphatic rings. The lowest BCUT2D eigenvalue weighted by molar-refractivity contribution is 0.837. The van der Waals surface area contributed by atoms with E-state index in [9.17, 15) is 0 Å². The van der Waals surface area contributed by atoms with Crippen LogP contribution in [0.25, 0.3) is 0 Å². The van der Waals surface area contributed by atoms with Crippen LogP contribution < -0.4 is 0 Å². The number of hydrogen-bond acceptors (Lipinski definition) is 1. The SMILES string of the molecule is CCc1cnccc1C1CC1c1ccc(C(C)C)c(C2CC2)c1. The van der Waals surface area contributed by atoms with Crippen LogP contribution in [0.4, 0.5) is 0 Å². The molecule has 1 aromatic heterocycles. The Morgan fingerprint density at radius 2 is 1.91 bits per heavy atom. The zero-order valence-corrected chi connectivity index (χ0v) is 14.5. The molecule has 0 radical (unpaired) electrons. The van der Waals surface area contributed by atoms with Crippen molar-refractivity contribution in [3.8, 4) is 0 Å². The molecule has 1 aromatic carbocycles. The molecule has 2 unspecified atom stereocenters. The quantitative estimate of drug-likeness (QED) is 0.668. The lowest BCUT2D eigenvalue weighted by Gasteiger charge is -2.14. The summed E-state index contributed by atoms with van der Waals surface area (Å²) < 4.78 is 0. The molecule has 0 amide bonds. The number of pyridine rings is 1. The van der Waals surface area contributed by atoms with Crippen molar-refractivity contribution in [3.05, 3.63) is 64.5 Å². The summed E-state index contributed by atoms with van der Waals surface area (Å²) in [5.74, 6) is 2.92. The van der Waals surface area contributed by atoms with Gasteiger partial charge in [-0.05, 0) is 83.2 Å². The highest BCUT2D eigenvalue weighted by Gasteiger charge is 2.41. The molecule has 2 saturated carbocycles. The second-order valence-electron chi connectivity index (χ2n) is 7.69.